The third-order valence-electron chi connectivity index (χ3n) is 4.93. The van der Waals surface area contributed by atoms with Crippen molar-refractivity contribution >= 4 is 27.3 Å². The first-order valence-corrected chi connectivity index (χ1v) is 11.6. The smallest absolute Gasteiger partial charge is 0.338 e. The zero-order valence-corrected chi connectivity index (χ0v) is 19.0. The largest absolute Gasteiger partial charge is 0.454 e. The van der Waals surface area contributed by atoms with Crippen molar-refractivity contribution in [2.45, 2.75) is 45.6 Å². The van der Waals surface area contributed by atoms with E-state index in [4.69, 9.17) is 4.74 Å². The molecule has 0 spiro atoms. The molecule has 0 aliphatic heterocycles. The normalized spacial score (nSPS) is 11.5. The summed E-state index contributed by atoms with van der Waals surface area (Å²) in [6.45, 7) is 8.21. The van der Waals surface area contributed by atoms with Gasteiger partial charge in [-0.05, 0) is 44.4 Å². The van der Waals surface area contributed by atoms with Gasteiger partial charge in [-0.3, -0.25) is 14.9 Å². The van der Waals surface area contributed by atoms with Crippen LogP contribution in [0.4, 0.5) is 5.69 Å². The number of Topliss-reactive ketones (excluding diaryl/α,β-unsaturated/α-hetero) is 1. The number of ketones is 1. The predicted octanol–water partition coefficient (Wildman–Crippen LogP) is 3.50. The van der Waals surface area contributed by atoms with E-state index in [0.29, 0.717) is 11.5 Å². The van der Waals surface area contributed by atoms with Crippen molar-refractivity contribution in [3.63, 3.8) is 0 Å². The Bertz CT molecular complexity index is 1130. The molecule has 168 valence electrons. The summed E-state index contributed by atoms with van der Waals surface area (Å²) in [5.74, 6) is -0.830. The molecule has 0 aliphatic rings. The molecule has 31 heavy (non-hydrogen) atoms. The minimum atomic E-state index is -3.85. The van der Waals surface area contributed by atoms with Gasteiger partial charge < -0.3 is 9.30 Å². The number of esters is 1. The van der Waals surface area contributed by atoms with Crippen molar-refractivity contribution in [2.75, 3.05) is 12.9 Å². The number of carbonyl (C=O) groups is 2. The summed E-state index contributed by atoms with van der Waals surface area (Å²) in [5.41, 5.74) is 1.23. The van der Waals surface area contributed by atoms with Crippen molar-refractivity contribution in [3.05, 3.63) is 56.9 Å². The lowest BCUT2D eigenvalue weighted by molar-refractivity contribution is -0.387. The number of sulfone groups is 1. The second-order valence-corrected chi connectivity index (χ2v) is 9.81. The molecule has 0 unspecified atom stereocenters. The van der Waals surface area contributed by atoms with Gasteiger partial charge in [0.05, 0.1) is 10.5 Å². The minimum Gasteiger partial charge on any atom is -0.454 e. The first kappa shape index (κ1) is 24.3. The van der Waals surface area contributed by atoms with E-state index in [1.165, 1.54) is 0 Å². The van der Waals surface area contributed by atoms with Crippen molar-refractivity contribution in [1.29, 1.82) is 0 Å². The molecular weight excluding hydrogens is 424 g/mol. The number of nitro groups is 1. The van der Waals surface area contributed by atoms with Crippen LogP contribution in [0.5, 0.6) is 0 Å². The standard InChI is InChI=1S/C21H26N2O7S/c1-13(2)8-9-22-14(3)10-17(15(22)4)19(24)12-30-21(25)16-6-7-20(31(5,28)29)18(11-16)23(26)27/h6-7,10-11,13H,8-9,12H2,1-5H3. The molecule has 1 aromatic carbocycles. The summed E-state index contributed by atoms with van der Waals surface area (Å²) in [5, 5.41) is 11.2. The SMILES string of the molecule is Cc1cc(C(=O)COC(=O)c2ccc(S(C)(=O)=O)c([N+](=O)[O-])c2)c(C)n1CCC(C)C. The molecule has 0 aliphatic carbocycles. The molecule has 2 rings (SSSR count). The van der Waals surface area contributed by atoms with Crippen LogP contribution in [0.2, 0.25) is 0 Å². The number of aryl methyl sites for hydroxylation is 1. The van der Waals surface area contributed by atoms with Crippen molar-refractivity contribution in [1.82, 2.24) is 4.57 Å². The number of hydrogen-bond donors (Lipinski definition) is 0. The number of benzene rings is 1. The summed E-state index contributed by atoms with van der Waals surface area (Å²) in [6.07, 6.45) is 1.80. The van der Waals surface area contributed by atoms with Crippen molar-refractivity contribution < 1.29 is 27.7 Å². The average molecular weight is 451 g/mol. The van der Waals surface area contributed by atoms with Gasteiger partial charge in [-0.25, -0.2) is 13.2 Å². The molecule has 0 atom stereocenters. The zero-order valence-electron chi connectivity index (χ0n) is 18.2. The highest BCUT2D eigenvalue weighted by Crippen LogP contribution is 2.25. The third-order valence-corrected chi connectivity index (χ3v) is 6.07. The first-order chi connectivity index (χ1) is 14.3. The highest BCUT2D eigenvalue weighted by atomic mass is 32.2. The molecule has 0 amide bonds. The maximum atomic E-state index is 12.6. The van der Waals surface area contributed by atoms with Gasteiger partial charge in [-0.15, -0.1) is 0 Å². The minimum absolute atomic E-state index is 0.214. The Morgan fingerprint density at radius 2 is 1.84 bits per heavy atom. The topological polar surface area (TPSA) is 126 Å². The van der Waals surface area contributed by atoms with E-state index in [1.807, 2.05) is 18.4 Å². The molecule has 0 radical (unpaired) electrons. The molecule has 0 saturated heterocycles. The van der Waals surface area contributed by atoms with E-state index in [1.54, 1.807) is 6.07 Å². The molecule has 0 saturated carbocycles. The van der Waals surface area contributed by atoms with Gasteiger partial charge in [0.1, 0.15) is 4.90 Å². The van der Waals surface area contributed by atoms with E-state index in [0.717, 1.165) is 48.8 Å². The van der Waals surface area contributed by atoms with E-state index in [-0.39, 0.29) is 11.3 Å². The van der Waals surface area contributed by atoms with Crippen LogP contribution in [0, 0.1) is 29.9 Å². The molecule has 0 fully saturated rings. The first-order valence-electron chi connectivity index (χ1n) is 9.68. The Morgan fingerprint density at radius 1 is 1.19 bits per heavy atom. The molecule has 9 nitrogen and oxygen atoms in total. The third kappa shape index (κ3) is 5.78. The van der Waals surface area contributed by atoms with Crippen LogP contribution in [-0.2, 0) is 21.1 Å². The Hall–Kier alpha value is -3.01. The quantitative estimate of drug-likeness (QED) is 0.248. The summed E-state index contributed by atoms with van der Waals surface area (Å²) in [6, 6.07) is 4.68. The summed E-state index contributed by atoms with van der Waals surface area (Å²) in [7, 11) is -3.85. The van der Waals surface area contributed by atoms with Gasteiger partial charge in [0.25, 0.3) is 5.69 Å². The van der Waals surface area contributed by atoms with Crippen LogP contribution in [0.3, 0.4) is 0 Å². The second-order valence-electron chi connectivity index (χ2n) is 7.83. The number of aromatic nitrogens is 1. The lowest BCUT2D eigenvalue weighted by atomic mass is 10.1. The van der Waals surface area contributed by atoms with Crippen LogP contribution in [0.15, 0.2) is 29.2 Å². The fourth-order valence-electron chi connectivity index (χ4n) is 3.21. The summed E-state index contributed by atoms with van der Waals surface area (Å²) in [4.78, 5) is 34.7. The van der Waals surface area contributed by atoms with Gasteiger partial charge in [0, 0.05) is 35.8 Å². The van der Waals surface area contributed by atoms with Crippen LogP contribution >= 0.6 is 0 Å². The number of carbonyl (C=O) groups excluding carboxylic acids is 2. The predicted molar refractivity (Wildman–Crippen MR) is 114 cm³/mol. The Kier molecular flexibility index (Phi) is 7.37. The van der Waals surface area contributed by atoms with Crippen LogP contribution in [-0.4, -0.2) is 42.5 Å². The lowest BCUT2D eigenvalue weighted by Crippen LogP contribution is -2.16. The van der Waals surface area contributed by atoms with E-state index < -0.39 is 37.9 Å². The van der Waals surface area contributed by atoms with Gasteiger partial charge in [0.15, 0.2) is 16.4 Å². The number of hydrogen-bond acceptors (Lipinski definition) is 7. The Morgan fingerprint density at radius 3 is 2.39 bits per heavy atom. The molecule has 2 aromatic rings. The fourth-order valence-corrected chi connectivity index (χ4v) is 4.04. The van der Waals surface area contributed by atoms with E-state index >= 15 is 0 Å². The van der Waals surface area contributed by atoms with Crippen molar-refractivity contribution in [2.24, 2.45) is 5.92 Å². The Labute approximate surface area is 181 Å². The summed E-state index contributed by atoms with van der Waals surface area (Å²) < 4.78 is 30.5. The van der Waals surface area contributed by atoms with Gasteiger partial charge in [-0.1, -0.05) is 13.8 Å². The molecule has 10 heteroatoms. The number of rotatable bonds is 9. The summed E-state index contributed by atoms with van der Waals surface area (Å²) >= 11 is 0. The highest BCUT2D eigenvalue weighted by Gasteiger charge is 2.25. The number of nitrogens with zero attached hydrogens (tertiary/aromatic N) is 2. The van der Waals surface area contributed by atoms with E-state index in [9.17, 15) is 28.1 Å². The van der Waals surface area contributed by atoms with Crippen LogP contribution < -0.4 is 0 Å². The number of ether oxygens (including phenoxy) is 1. The maximum Gasteiger partial charge on any atom is 0.338 e. The molecule has 1 aromatic heterocycles. The van der Waals surface area contributed by atoms with Gasteiger partial charge >= 0.3 is 5.97 Å². The zero-order chi connectivity index (χ0) is 23.5. The fraction of sp³-hybridized carbons (Fsp3) is 0.429. The molecule has 0 bridgehead atoms. The molecule has 0 N–H and O–H groups in total. The lowest BCUT2D eigenvalue weighted by Gasteiger charge is -2.11. The Balaban J connectivity index is 2.16. The van der Waals surface area contributed by atoms with E-state index in [2.05, 4.69) is 13.8 Å². The highest BCUT2D eigenvalue weighted by molar-refractivity contribution is 7.90. The van der Waals surface area contributed by atoms with Gasteiger partial charge in [0.2, 0.25) is 5.78 Å². The van der Waals surface area contributed by atoms with Crippen LogP contribution in [0.25, 0.3) is 0 Å². The van der Waals surface area contributed by atoms with Crippen LogP contribution in [0.1, 0.15) is 52.4 Å². The molecule has 1 heterocycles. The molecular formula is C21H26N2O7S. The number of nitro benzene ring substituents is 1. The monoisotopic (exact) mass is 450 g/mol. The average Bonchev–Trinajstić information content (AvgIpc) is 2.96. The van der Waals surface area contributed by atoms with Crippen molar-refractivity contribution in [3.8, 4) is 0 Å². The second kappa shape index (κ2) is 9.42. The maximum absolute atomic E-state index is 12.6. The van der Waals surface area contributed by atoms with Gasteiger partial charge in [-0.2, -0.15) is 0 Å².